The molecule has 0 spiro atoms. The Morgan fingerprint density at radius 3 is 2.73 bits per heavy atom. The molecule has 1 amide bonds. The average Bonchev–Trinajstić information content (AvgIpc) is 2.81. The summed E-state index contributed by atoms with van der Waals surface area (Å²) >= 11 is 0. The van der Waals surface area contributed by atoms with Crippen LogP contribution in [0, 0.1) is 5.92 Å². The van der Waals surface area contributed by atoms with E-state index in [1.807, 2.05) is 0 Å². The molecule has 0 heterocycles. The maximum absolute atomic E-state index is 11.1. The van der Waals surface area contributed by atoms with Crippen molar-refractivity contribution in [3.8, 4) is 0 Å². The van der Waals surface area contributed by atoms with E-state index in [1.54, 1.807) is 7.05 Å². The van der Waals surface area contributed by atoms with Crippen molar-refractivity contribution < 1.29 is 9.63 Å². The van der Waals surface area contributed by atoms with Gasteiger partial charge in [0.15, 0.2) is 0 Å². The molecule has 3 nitrogen and oxygen atoms in total. The van der Waals surface area contributed by atoms with Gasteiger partial charge in [0.25, 0.3) is 0 Å². The lowest BCUT2D eigenvalue weighted by atomic mass is 10.2. The molecule has 0 aromatic rings. The van der Waals surface area contributed by atoms with E-state index in [0.717, 1.165) is 12.3 Å². The number of carbonyl (C=O) groups is 1. The molecule has 0 unspecified atom stereocenters. The van der Waals surface area contributed by atoms with Gasteiger partial charge in [-0.1, -0.05) is 12.8 Å². The van der Waals surface area contributed by atoms with Gasteiger partial charge in [-0.15, -0.1) is 0 Å². The van der Waals surface area contributed by atoms with E-state index in [4.69, 9.17) is 4.84 Å². The minimum Gasteiger partial charge on any atom is -0.275 e. The van der Waals surface area contributed by atoms with Crippen LogP contribution in [0.25, 0.3) is 0 Å². The zero-order valence-electron chi connectivity index (χ0n) is 7.17. The molecule has 64 valence electrons. The van der Waals surface area contributed by atoms with E-state index >= 15 is 0 Å². The van der Waals surface area contributed by atoms with Gasteiger partial charge in [0, 0.05) is 13.5 Å². The molecule has 0 radical (unpaired) electrons. The molecular formula is C8H15NO2. The van der Waals surface area contributed by atoms with Crippen molar-refractivity contribution in [2.24, 2.45) is 5.92 Å². The topological polar surface area (TPSA) is 29.5 Å². The molecule has 0 aromatic carbocycles. The van der Waals surface area contributed by atoms with Gasteiger partial charge in [-0.3, -0.25) is 9.63 Å². The van der Waals surface area contributed by atoms with Crippen LogP contribution in [0.4, 0.5) is 0 Å². The molecular weight excluding hydrogens is 142 g/mol. The Morgan fingerprint density at radius 1 is 1.64 bits per heavy atom. The van der Waals surface area contributed by atoms with Gasteiger partial charge in [0.1, 0.15) is 0 Å². The summed E-state index contributed by atoms with van der Waals surface area (Å²) in [6, 6.07) is 0. The highest BCUT2D eigenvalue weighted by Gasteiger charge is 2.22. The zero-order chi connectivity index (χ0) is 8.27. The molecule has 1 aliphatic carbocycles. The first kappa shape index (κ1) is 8.53. The Balaban J connectivity index is 2.08. The van der Waals surface area contributed by atoms with Gasteiger partial charge >= 0.3 is 0 Å². The number of amides is 1. The predicted molar refractivity (Wildman–Crippen MR) is 41.7 cm³/mol. The third kappa shape index (κ3) is 2.89. The van der Waals surface area contributed by atoms with Crippen LogP contribution in [0.2, 0.25) is 0 Å². The van der Waals surface area contributed by atoms with Gasteiger partial charge in [-0.05, 0) is 12.3 Å². The molecule has 1 aliphatic rings. The maximum atomic E-state index is 11.1. The molecule has 0 N–H and O–H groups in total. The van der Waals surface area contributed by atoms with Crippen LogP contribution in [-0.2, 0) is 9.63 Å². The van der Waals surface area contributed by atoms with Crippen LogP contribution in [0.15, 0.2) is 0 Å². The Labute approximate surface area is 67.3 Å². The molecule has 0 atom stereocenters. The highest BCUT2D eigenvalue weighted by Crippen LogP contribution is 2.33. The Hall–Kier alpha value is -0.570. The zero-order valence-corrected chi connectivity index (χ0v) is 7.17. The average molecular weight is 157 g/mol. The van der Waals surface area contributed by atoms with E-state index in [1.165, 1.54) is 25.0 Å². The fraction of sp³-hybridized carbons (Fsp3) is 0.875. The second-order valence-corrected chi connectivity index (χ2v) is 3.06. The lowest BCUT2D eigenvalue weighted by Gasteiger charge is -2.12. The predicted octanol–water partition coefficient (Wildman–Crippen LogP) is 1.20. The second-order valence-electron chi connectivity index (χ2n) is 3.06. The number of hydroxylamine groups is 2. The lowest BCUT2D eigenvalue weighted by Crippen LogP contribution is -2.25. The van der Waals surface area contributed by atoms with Crippen LogP contribution in [0.1, 0.15) is 25.7 Å². The van der Waals surface area contributed by atoms with E-state index in [0.29, 0.717) is 6.42 Å². The van der Waals surface area contributed by atoms with Gasteiger partial charge in [0.2, 0.25) is 5.91 Å². The summed E-state index contributed by atoms with van der Waals surface area (Å²) in [5, 5.41) is 1.29. The van der Waals surface area contributed by atoms with E-state index in [2.05, 4.69) is 0 Å². The van der Waals surface area contributed by atoms with Crippen molar-refractivity contribution in [1.82, 2.24) is 5.06 Å². The third-order valence-corrected chi connectivity index (χ3v) is 2.09. The van der Waals surface area contributed by atoms with Crippen molar-refractivity contribution in [1.29, 1.82) is 0 Å². The largest absolute Gasteiger partial charge is 0.275 e. The molecule has 3 heteroatoms. The minimum absolute atomic E-state index is 0.0828. The lowest BCUT2D eigenvalue weighted by molar-refractivity contribution is -0.168. The van der Waals surface area contributed by atoms with Crippen molar-refractivity contribution in [2.75, 3.05) is 14.2 Å². The molecule has 0 aliphatic heterocycles. The van der Waals surface area contributed by atoms with E-state index in [9.17, 15) is 4.79 Å². The molecule has 1 rings (SSSR count). The van der Waals surface area contributed by atoms with Gasteiger partial charge < -0.3 is 0 Å². The second kappa shape index (κ2) is 3.72. The molecule has 0 saturated heterocycles. The summed E-state index contributed by atoms with van der Waals surface area (Å²) in [4.78, 5) is 15.9. The smallest absolute Gasteiger partial charge is 0.245 e. The fourth-order valence-electron chi connectivity index (χ4n) is 0.993. The number of carbonyl (C=O) groups excluding carboxylic acids is 1. The molecule has 0 bridgehead atoms. The van der Waals surface area contributed by atoms with E-state index < -0.39 is 0 Å². The monoisotopic (exact) mass is 157 g/mol. The van der Waals surface area contributed by atoms with Crippen molar-refractivity contribution in [3.05, 3.63) is 0 Å². The molecule has 1 fully saturated rings. The Bertz CT molecular complexity index is 143. The standard InChI is InChI=1S/C8H15NO2/c1-9(11-2)8(10)6-5-7-3-4-7/h7H,3-6H2,1-2H3. The van der Waals surface area contributed by atoms with Gasteiger partial charge in [-0.25, -0.2) is 5.06 Å². The SMILES string of the molecule is CON(C)C(=O)CCC1CC1. The van der Waals surface area contributed by atoms with Crippen LogP contribution in [0.3, 0.4) is 0 Å². The van der Waals surface area contributed by atoms with E-state index in [-0.39, 0.29) is 5.91 Å². The fourth-order valence-corrected chi connectivity index (χ4v) is 0.993. The number of rotatable bonds is 4. The first-order valence-corrected chi connectivity index (χ1v) is 4.04. The minimum atomic E-state index is 0.0828. The van der Waals surface area contributed by atoms with Crippen LogP contribution in [-0.4, -0.2) is 25.1 Å². The van der Waals surface area contributed by atoms with Crippen molar-refractivity contribution in [3.63, 3.8) is 0 Å². The number of hydrogen-bond donors (Lipinski definition) is 0. The van der Waals surface area contributed by atoms with Crippen molar-refractivity contribution >= 4 is 5.91 Å². The highest BCUT2D eigenvalue weighted by molar-refractivity contribution is 5.74. The van der Waals surface area contributed by atoms with Crippen LogP contribution < -0.4 is 0 Å². The van der Waals surface area contributed by atoms with Gasteiger partial charge in [-0.2, -0.15) is 0 Å². The summed E-state index contributed by atoms with van der Waals surface area (Å²) in [5.74, 6) is 0.906. The summed E-state index contributed by atoms with van der Waals surface area (Å²) < 4.78 is 0. The summed E-state index contributed by atoms with van der Waals surface area (Å²) in [6.07, 6.45) is 4.29. The molecule has 0 aromatic heterocycles. The summed E-state index contributed by atoms with van der Waals surface area (Å²) in [6.45, 7) is 0. The Morgan fingerprint density at radius 2 is 2.27 bits per heavy atom. The highest BCUT2D eigenvalue weighted by atomic mass is 16.7. The number of hydrogen-bond acceptors (Lipinski definition) is 2. The summed E-state index contributed by atoms with van der Waals surface area (Å²) in [5.41, 5.74) is 0. The van der Waals surface area contributed by atoms with Crippen LogP contribution >= 0.6 is 0 Å². The molecule has 11 heavy (non-hydrogen) atoms. The van der Waals surface area contributed by atoms with Crippen molar-refractivity contribution in [2.45, 2.75) is 25.7 Å². The Kier molecular flexibility index (Phi) is 2.88. The summed E-state index contributed by atoms with van der Waals surface area (Å²) in [7, 11) is 3.16. The normalized spacial score (nSPS) is 16.5. The quantitative estimate of drug-likeness (QED) is 0.574. The first-order valence-electron chi connectivity index (χ1n) is 4.04. The number of nitrogens with zero attached hydrogens (tertiary/aromatic N) is 1. The molecule has 1 saturated carbocycles. The maximum Gasteiger partial charge on any atom is 0.245 e. The first-order chi connectivity index (χ1) is 5.24. The van der Waals surface area contributed by atoms with Crippen LogP contribution in [0.5, 0.6) is 0 Å². The van der Waals surface area contributed by atoms with Gasteiger partial charge in [0.05, 0.1) is 7.11 Å². The third-order valence-electron chi connectivity index (χ3n) is 2.09.